The summed E-state index contributed by atoms with van der Waals surface area (Å²) < 4.78 is 15.6. The third-order valence-electron chi connectivity index (χ3n) is 5.03. The van der Waals surface area contributed by atoms with Crippen molar-refractivity contribution in [1.29, 1.82) is 0 Å². The number of carbonyl (C=O) groups is 3. The van der Waals surface area contributed by atoms with Crippen molar-refractivity contribution in [3.05, 3.63) is 18.2 Å². The van der Waals surface area contributed by atoms with E-state index in [0.717, 1.165) is 25.7 Å². The molecule has 2 fully saturated rings. The first kappa shape index (κ1) is 18.2. The van der Waals surface area contributed by atoms with Gasteiger partial charge < -0.3 is 14.2 Å². The van der Waals surface area contributed by atoms with Gasteiger partial charge in [0.15, 0.2) is 0 Å². The molecular formula is C19H23NO6. The summed E-state index contributed by atoms with van der Waals surface area (Å²) in [6.45, 7) is 0.0601. The predicted molar refractivity (Wildman–Crippen MR) is 92.0 cm³/mol. The first-order valence-corrected chi connectivity index (χ1v) is 8.82. The summed E-state index contributed by atoms with van der Waals surface area (Å²) in [5, 5.41) is 0. The molecule has 7 heteroatoms. The molecule has 1 heterocycles. The lowest BCUT2D eigenvalue weighted by atomic mass is 9.81. The standard InChI is InChI=1S/C19H23NO6/c1-24-12-9-13(25-2)11-14(10-12)26-17(21)7-8-20-18(22)15-5-3-4-6-16(15)19(20)23/h9-11,15-16H,3-8H2,1-2H3/t15-,16-/m0/s1. The Morgan fingerprint density at radius 1 is 0.962 bits per heavy atom. The third-order valence-corrected chi connectivity index (χ3v) is 5.03. The summed E-state index contributed by atoms with van der Waals surface area (Å²) in [5.41, 5.74) is 0. The lowest BCUT2D eigenvalue weighted by molar-refractivity contribution is -0.141. The molecule has 1 aromatic carbocycles. The van der Waals surface area contributed by atoms with E-state index in [1.54, 1.807) is 18.2 Å². The van der Waals surface area contributed by atoms with Crippen LogP contribution in [0.5, 0.6) is 17.2 Å². The van der Waals surface area contributed by atoms with E-state index in [9.17, 15) is 14.4 Å². The summed E-state index contributed by atoms with van der Waals surface area (Å²) in [4.78, 5) is 38.2. The summed E-state index contributed by atoms with van der Waals surface area (Å²) in [5.74, 6) is 0.0906. The molecule has 0 unspecified atom stereocenters. The van der Waals surface area contributed by atoms with Crippen molar-refractivity contribution in [3.8, 4) is 17.2 Å². The van der Waals surface area contributed by atoms with Crippen LogP contribution in [0, 0.1) is 11.8 Å². The van der Waals surface area contributed by atoms with E-state index in [1.807, 2.05) is 0 Å². The number of fused-ring (bicyclic) bond motifs is 1. The fourth-order valence-electron chi connectivity index (χ4n) is 3.68. The van der Waals surface area contributed by atoms with Gasteiger partial charge in [-0.3, -0.25) is 19.3 Å². The van der Waals surface area contributed by atoms with Crippen molar-refractivity contribution in [2.24, 2.45) is 11.8 Å². The molecule has 140 valence electrons. The van der Waals surface area contributed by atoms with Crippen molar-refractivity contribution in [3.63, 3.8) is 0 Å². The average Bonchev–Trinajstić information content (AvgIpc) is 2.90. The van der Waals surface area contributed by atoms with Gasteiger partial charge in [0.25, 0.3) is 0 Å². The molecular weight excluding hydrogens is 338 g/mol. The zero-order chi connectivity index (χ0) is 18.7. The number of rotatable bonds is 6. The number of benzene rings is 1. The van der Waals surface area contributed by atoms with Gasteiger partial charge in [-0.2, -0.15) is 0 Å². The average molecular weight is 361 g/mol. The molecule has 2 atom stereocenters. The van der Waals surface area contributed by atoms with Crippen LogP contribution in [0.3, 0.4) is 0 Å². The first-order valence-electron chi connectivity index (χ1n) is 8.82. The van der Waals surface area contributed by atoms with Crippen LogP contribution in [0.4, 0.5) is 0 Å². The molecule has 26 heavy (non-hydrogen) atoms. The van der Waals surface area contributed by atoms with Gasteiger partial charge in [-0.15, -0.1) is 0 Å². The maximum absolute atomic E-state index is 12.4. The zero-order valence-electron chi connectivity index (χ0n) is 15.0. The normalized spacial score (nSPS) is 22.2. The number of ether oxygens (including phenoxy) is 3. The molecule has 0 N–H and O–H groups in total. The number of hydrogen-bond donors (Lipinski definition) is 0. The van der Waals surface area contributed by atoms with E-state index < -0.39 is 5.97 Å². The van der Waals surface area contributed by atoms with Crippen molar-refractivity contribution in [2.75, 3.05) is 20.8 Å². The molecule has 1 aliphatic heterocycles. The predicted octanol–water partition coefficient (Wildman–Crippen LogP) is 2.17. The largest absolute Gasteiger partial charge is 0.496 e. The van der Waals surface area contributed by atoms with Gasteiger partial charge in [0.2, 0.25) is 11.8 Å². The second-order valence-electron chi connectivity index (χ2n) is 6.60. The van der Waals surface area contributed by atoms with Crippen molar-refractivity contribution in [2.45, 2.75) is 32.1 Å². The Morgan fingerprint density at radius 2 is 1.46 bits per heavy atom. The smallest absolute Gasteiger partial charge is 0.313 e. The van der Waals surface area contributed by atoms with E-state index in [1.165, 1.54) is 19.1 Å². The van der Waals surface area contributed by atoms with Gasteiger partial charge in [0.1, 0.15) is 17.2 Å². The zero-order valence-corrected chi connectivity index (χ0v) is 15.0. The van der Waals surface area contributed by atoms with Crippen LogP contribution in [-0.4, -0.2) is 43.4 Å². The van der Waals surface area contributed by atoms with Crippen LogP contribution in [0.25, 0.3) is 0 Å². The van der Waals surface area contributed by atoms with Crippen LogP contribution in [0.1, 0.15) is 32.1 Å². The Balaban J connectivity index is 1.59. The molecule has 1 aliphatic carbocycles. The minimum absolute atomic E-state index is 0.0452. The van der Waals surface area contributed by atoms with E-state index in [4.69, 9.17) is 14.2 Å². The molecule has 7 nitrogen and oxygen atoms in total. The number of imide groups is 1. The summed E-state index contributed by atoms with van der Waals surface area (Å²) >= 11 is 0. The van der Waals surface area contributed by atoms with Gasteiger partial charge in [-0.25, -0.2) is 0 Å². The van der Waals surface area contributed by atoms with Crippen LogP contribution in [0.2, 0.25) is 0 Å². The highest BCUT2D eigenvalue weighted by atomic mass is 16.5. The molecule has 2 aliphatic rings. The summed E-state index contributed by atoms with van der Waals surface area (Å²) in [6, 6.07) is 4.81. The second kappa shape index (κ2) is 7.76. The van der Waals surface area contributed by atoms with Crippen molar-refractivity contribution < 1.29 is 28.6 Å². The quantitative estimate of drug-likeness (QED) is 0.439. The minimum Gasteiger partial charge on any atom is -0.496 e. The van der Waals surface area contributed by atoms with Gasteiger partial charge in [-0.1, -0.05) is 12.8 Å². The second-order valence-corrected chi connectivity index (χ2v) is 6.60. The molecule has 2 amide bonds. The summed E-state index contributed by atoms with van der Waals surface area (Å²) in [6.07, 6.45) is 3.44. The molecule has 1 saturated carbocycles. The molecule has 3 rings (SSSR count). The highest BCUT2D eigenvalue weighted by Gasteiger charge is 2.47. The molecule has 1 saturated heterocycles. The van der Waals surface area contributed by atoms with E-state index >= 15 is 0 Å². The van der Waals surface area contributed by atoms with Crippen molar-refractivity contribution in [1.82, 2.24) is 4.90 Å². The lowest BCUT2D eigenvalue weighted by Gasteiger charge is -2.19. The third kappa shape index (κ3) is 3.66. The number of carbonyl (C=O) groups excluding carboxylic acids is 3. The Morgan fingerprint density at radius 3 is 1.96 bits per heavy atom. The van der Waals surface area contributed by atoms with Gasteiger partial charge in [0.05, 0.1) is 32.5 Å². The molecule has 0 aromatic heterocycles. The Bertz CT molecular complexity index is 670. The maximum atomic E-state index is 12.4. The Kier molecular flexibility index (Phi) is 5.44. The van der Waals surface area contributed by atoms with Gasteiger partial charge >= 0.3 is 5.97 Å². The molecule has 0 spiro atoms. The van der Waals surface area contributed by atoms with Crippen LogP contribution >= 0.6 is 0 Å². The Labute approximate surface area is 152 Å². The Hall–Kier alpha value is -2.57. The number of esters is 1. The SMILES string of the molecule is COc1cc(OC)cc(OC(=O)CCN2C(=O)[C@H]3CCCC[C@@H]3C2=O)c1. The highest BCUT2D eigenvalue weighted by molar-refractivity contribution is 6.05. The van der Waals surface area contributed by atoms with E-state index in [-0.39, 0.29) is 36.6 Å². The minimum atomic E-state index is -0.518. The number of nitrogens with zero attached hydrogens (tertiary/aromatic N) is 1. The molecule has 0 bridgehead atoms. The number of methoxy groups -OCH3 is 2. The fraction of sp³-hybridized carbons (Fsp3) is 0.526. The van der Waals surface area contributed by atoms with Gasteiger partial charge in [-0.05, 0) is 12.8 Å². The van der Waals surface area contributed by atoms with Crippen molar-refractivity contribution >= 4 is 17.8 Å². The van der Waals surface area contributed by atoms with E-state index in [0.29, 0.717) is 17.2 Å². The number of likely N-dealkylation sites (tertiary alicyclic amines) is 1. The molecule has 0 radical (unpaired) electrons. The van der Waals surface area contributed by atoms with E-state index in [2.05, 4.69) is 0 Å². The fourth-order valence-corrected chi connectivity index (χ4v) is 3.68. The lowest BCUT2D eigenvalue weighted by Crippen LogP contribution is -2.33. The first-order chi connectivity index (χ1) is 12.5. The van der Waals surface area contributed by atoms with Crippen LogP contribution in [-0.2, 0) is 14.4 Å². The highest BCUT2D eigenvalue weighted by Crippen LogP contribution is 2.38. The summed E-state index contributed by atoms with van der Waals surface area (Å²) in [7, 11) is 3.01. The topological polar surface area (TPSA) is 82.1 Å². The monoisotopic (exact) mass is 361 g/mol. The van der Waals surface area contributed by atoms with Gasteiger partial charge in [0, 0.05) is 24.7 Å². The van der Waals surface area contributed by atoms with Crippen LogP contribution in [0.15, 0.2) is 18.2 Å². The van der Waals surface area contributed by atoms with Crippen LogP contribution < -0.4 is 14.2 Å². The maximum Gasteiger partial charge on any atom is 0.313 e. The number of amides is 2. The molecule has 1 aromatic rings. The number of hydrogen-bond acceptors (Lipinski definition) is 6.